The van der Waals surface area contributed by atoms with Crippen LogP contribution in [0.3, 0.4) is 0 Å². The van der Waals surface area contributed by atoms with Crippen LogP contribution in [0.25, 0.3) is 0 Å². The summed E-state index contributed by atoms with van der Waals surface area (Å²) in [5, 5.41) is 0. The van der Waals surface area contributed by atoms with Crippen LogP contribution in [0.5, 0.6) is 0 Å². The average Bonchev–Trinajstić information content (AvgIpc) is 2.38. The van der Waals surface area contributed by atoms with Crippen molar-refractivity contribution in [1.29, 1.82) is 0 Å². The lowest BCUT2D eigenvalue weighted by Crippen LogP contribution is -2.38. The Kier molecular flexibility index (Phi) is 6.77. The van der Waals surface area contributed by atoms with E-state index in [1.807, 2.05) is 31.5 Å². The fraction of sp³-hybridized carbons (Fsp3) is 0.615. The molecule has 0 aromatic carbocycles. The Labute approximate surface area is 104 Å². The Morgan fingerprint density at radius 1 is 1.35 bits per heavy atom. The number of aromatic nitrogens is 1. The largest absolute Gasteiger partial charge is 0.376 e. The number of ether oxygens (including phenoxy) is 1. The smallest absolute Gasteiger partial charge is 0.0823 e. The summed E-state index contributed by atoms with van der Waals surface area (Å²) in [4.78, 5) is 6.36. The van der Waals surface area contributed by atoms with Gasteiger partial charge in [0.05, 0.1) is 6.10 Å². The minimum absolute atomic E-state index is 0.127. The molecule has 1 rings (SSSR count). The van der Waals surface area contributed by atoms with E-state index in [2.05, 4.69) is 16.8 Å². The zero-order valence-corrected chi connectivity index (χ0v) is 10.8. The molecular weight excluding hydrogens is 214 g/mol. The van der Waals surface area contributed by atoms with Gasteiger partial charge in [0.25, 0.3) is 0 Å². The highest BCUT2D eigenvalue weighted by Gasteiger charge is 2.11. The summed E-state index contributed by atoms with van der Waals surface area (Å²) < 4.78 is 5.58. The van der Waals surface area contributed by atoms with Gasteiger partial charge in [-0.2, -0.15) is 0 Å². The Hall–Kier alpha value is -0.970. The first kappa shape index (κ1) is 14.1. The molecule has 0 saturated carbocycles. The van der Waals surface area contributed by atoms with Crippen molar-refractivity contribution >= 4 is 0 Å². The van der Waals surface area contributed by atoms with E-state index in [9.17, 15) is 0 Å². The Morgan fingerprint density at radius 3 is 2.59 bits per heavy atom. The maximum atomic E-state index is 5.69. The molecule has 1 aromatic rings. The highest BCUT2D eigenvalue weighted by atomic mass is 16.5. The molecule has 2 N–H and O–H groups in total. The summed E-state index contributed by atoms with van der Waals surface area (Å²) >= 11 is 0. The number of nitrogens with zero attached hydrogens (tertiary/aromatic N) is 2. The molecule has 0 aliphatic heterocycles. The van der Waals surface area contributed by atoms with Gasteiger partial charge in [-0.15, -0.1) is 0 Å². The Bertz CT molecular complexity index is 292. The van der Waals surface area contributed by atoms with Crippen molar-refractivity contribution in [2.24, 2.45) is 5.73 Å². The maximum Gasteiger partial charge on any atom is 0.0823 e. The minimum atomic E-state index is 0.127. The van der Waals surface area contributed by atoms with Crippen molar-refractivity contribution in [1.82, 2.24) is 9.88 Å². The van der Waals surface area contributed by atoms with Crippen molar-refractivity contribution in [3.05, 3.63) is 30.1 Å². The van der Waals surface area contributed by atoms with E-state index in [0.717, 1.165) is 19.6 Å². The van der Waals surface area contributed by atoms with E-state index in [-0.39, 0.29) is 6.10 Å². The summed E-state index contributed by atoms with van der Waals surface area (Å²) in [6.07, 6.45) is 3.78. The molecule has 0 aliphatic rings. The van der Waals surface area contributed by atoms with Gasteiger partial charge in [0.1, 0.15) is 0 Å². The average molecular weight is 237 g/mol. The number of hydrogen-bond donors (Lipinski definition) is 1. The standard InChI is InChI=1S/C13H23N3O/c1-3-16(11-13(9-14)17-4-2)10-12-5-7-15-8-6-12/h5-8,13H,3-4,9-11,14H2,1-2H3. The molecule has 0 radical (unpaired) electrons. The molecule has 0 fully saturated rings. The van der Waals surface area contributed by atoms with Crippen molar-refractivity contribution in [2.75, 3.05) is 26.2 Å². The summed E-state index contributed by atoms with van der Waals surface area (Å²) in [5.41, 5.74) is 6.97. The summed E-state index contributed by atoms with van der Waals surface area (Å²) in [5.74, 6) is 0. The quantitative estimate of drug-likeness (QED) is 0.739. The Balaban J connectivity index is 2.48. The molecule has 1 heterocycles. The second-order valence-electron chi connectivity index (χ2n) is 4.00. The van der Waals surface area contributed by atoms with E-state index >= 15 is 0 Å². The van der Waals surface area contributed by atoms with Crippen LogP contribution in [-0.4, -0.2) is 42.2 Å². The van der Waals surface area contributed by atoms with E-state index in [0.29, 0.717) is 13.2 Å². The fourth-order valence-electron chi connectivity index (χ4n) is 1.77. The number of nitrogens with two attached hydrogens (primary N) is 1. The monoisotopic (exact) mass is 237 g/mol. The first-order chi connectivity index (χ1) is 8.30. The van der Waals surface area contributed by atoms with Gasteiger partial charge in [0, 0.05) is 38.6 Å². The minimum Gasteiger partial charge on any atom is -0.376 e. The molecule has 0 amide bonds. The predicted molar refractivity (Wildman–Crippen MR) is 69.7 cm³/mol. The van der Waals surface area contributed by atoms with Crippen molar-refractivity contribution in [3.8, 4) is 0 Å². The number of pyridine rings is 1. The van der Waals surface area contributed by atoms with E-state index < -0.39 is 0 Å². The first-order valence-corrected chi connectivity index (χ1v) is 6.23. The van der Waals surface area contributed by atoms with Gasteiger partial charge in [-0.3, -0.25) is 9.88 Å². The van der Waals surface area contributed by atoms with Crippen molar-refractivity contribution in [2.45, 2.75) is 26.5 Å². The number of rotatable bonds is 8. The van der Waals surface area contributed by atoms with Gasteiger partial charge in [0.2, 0.25) is 0 Å². The molecular formula is C13H23N3O. The van der Waals surface area contributed by atoms with Crippen LogP contribution in [0.4, 0.5) is 0 Å². The Morgan fingerprint density at radius 2 is 2.06 bits per heavy atom. The van der Waals surface area contributed by atoms with E-state index in [1.54, 1.807) is 0 Å². The number of likely N-dealkylation sites (N-methyl/N-ethyl adjacent to an activating group) is 1. The van der Waals surface area contributed by atoms with Gasteiger partial charge in [-0.1, -0.05) is 6.92 Å². The summed E-state index contributed by atoms with van der Waals surface area (Å²) in [6, 6.07) is 4.08. The number of hydrogen-bond acceptors (Lipinski definition) is 4. The normalized spacial score (nSPS) is 12.9. The third-order valence-electron chi connectivity index (χ3n) is 2.73. The van der Waals surface area contributed by atoms with E-state index in [1.165, 1.54) is 5.56 Å². The highest BCUT2D eigenvalue weighted by Crippen LogP contribution is 2.04. The van der Waals surface area contributed by atoms with Crippen molar-refractivity contribution in [3.63, 3.8) is 0 Å². The third-order valence-corrected chi connectivity index (χ3v) is 2.73. The molecule has 0 bridgehead atoms. The van der Waals surface area contributed by atoms with Gasteiger partial charge >= 0.3 is 0 Å². The lowest BCUT2D eigenvalue weighted by Gasteiger charge is -2.25. The predicted octanol–water partition coefficient (Wildman–Crippen LogP) is 1.27. The molecule has 17 heavy (non-hydrogen) atoms. The molecule has 0 aliphatic carbocycles. The van der Waals surface area contributed by atoms with Crippen LogP contribution in [0.1, 0.15) is 19.4 Å². The topological polar surface area (TPSA) is 51.4 Å². The molecule has 96 valence electrons. The zero-order chi connectivity index (χ0) is 12.5. The summed E-state index contributed by atoms with van der Waals surface area (Å²) in [7, 11) is 0. The van der Waals surface area contributed by atoms with Crippen LogP contribution < -0.4 is 5.73 Å². The molecule has 0 saturated heterocycles. The third kappa shape index (κ3) is 5.26. The summed E-state index contributed by atoms with van der Waals surface area (Å²) in [6.45, 7) is 8.23. The fourth-order valence-corrected chi connectivity index (χ4v) is 1.77. The van der Waals surface area contributed by atoms with Crippen molar-refractivity contribution < 1.29 is 4.74 Å². The lowest BCUT2D eigenvalue weighted by molar-refractivity contribution is 0.0385. The molecule has 4 heteroatoms. The first-order valence-electron chi connectivity index (χ1n) is 6.23. The second-order valence-corrected chi connectivity index (χ2v) is 4.00. The van der Waals surface area contributed by atoms with Crippen LogP contribution in [0.15, 0.2) is 24.5 Å². The molecule has 1 atom stereocenters. The van der Waals surface area contributed by atoms with Crippen LogP contribution in [-0.2, 0) is 11.3 Å². The molecule has 1 aromatic heterocycles. The molecule has 4 nitrogen and oxygen atoms in total. The molecule has 1 unspecified atom stereocenters. The van der Waals surface area contributed by atoms with E-state index in [4.69, 9.17) is 10.5 Å². The SMILES string of the molecule is CCOC(CN)CN(CC)Cc1ccncc1. The second kappa shape index (κ2) is 8.17. The van der Waals surface area contributed by atoms with Crippen LogP contribution >= 0.6 is 0 Å². The lowest BCUT2D eigenvalue weighted by atomic mass is 10.2. The van der Waals surface area contributed by atoms with Gasteiger partial charge in [0.15, 0.2) is 0 Å². The zero-order valence-electron chi connectivity index (χ0n) is 10.8. The van der Waals surface area contributed by atoms with Crippen LogP contribution in [0.2, 0.25) is 0 Å². The molecule has 0 spiro atoms. The van der Waals surface area contributed by atoms with Gasteiger partial charge < -0.3 is 10.5 Å². The highest BCUT2D eigenvalue weighted by molar-refractivity contribution is 5.09. The maximum absolute atomic E-state index is 5.69. The van der Waals surface area contributed by atoms with Crippen LogP contribution in [0, 0.1) is 0 Å². The van der Waals surface area contributed by atoms with Gasteiger partial charge in [-0.25, -0.2) is 0 Å². The van der Waals surface area contributed by atoms with Gasteiger partial charge in [-0.05, 0) is 31.2 Å².